The summed E-state index contributed by atoms with van der Waals surface area (Å²) in [5.74, 6) is -0.312. The molecule has 0 spiro atoms. The van der Waals surface area contributed by atoms with Gasteiger partial charge >= 0.3 is 5.97 Å². The number of rotatable bonds is 3. The van der Waals surface area contributed by atoms with Gasteiger partial charge in [0.05, 0.1) is 6.61 Å². The SMILES string of the molecule is C=C(C)C(=O)OCC.C=CCN. The van der Waals surface area contributed by atoms with Gasteiger partial charge in [0.25, 0.3) is 0 Å². The van der Waals surface area contributed by atoms with Crippen LogP contribution in [0.3, 0.4) is 0 Å². The lowest BCUT2D eigenvalue weighted by Crippen LogP contribution is -2.03. The second kappa shape index (κ2) is 9.91. The third-order valence-electron chi connectivity index (χ3n) is 0.791. The lowest BCUT2D eigenvalue weighted by atomic mass is 10.4. The number of nitrogens with two attached hydrogens (primary N) is 1. The summed E-state index contributed by atoms with van der Waals surface area (Å²) in [6.45, 7) is 11.1. The summed E-state index contributed by atoms with van der Waals surface area (Å²) >= 11 is 0. The third-order valence-corrected chi connectivity index (χ3v) is 0.791. The average Bonchev–Trinajstić information content (AvgIpc) is 2.05. The Morgan fingerprint density at radius 1 is 1.67 bits per heavy atom. The molecule has 0 radical (unpaired) electrons. The molecule has 0 atom stereocenters. The van der Waals surface area contributed by atoms with Gasteiger partial charge in [-0.05, 0) is 13.8 Å². The summed E-state index contributed by atoms with van der Waals surface area (Å²) < 4.78 is 4.56. The Kier molecular flexibility index (Phi) is 11.1. The highest BCUT2D eigenvalue weighted by Crippen LogP contribution is 1.89. The molecule has 0 aromatic rings. The van der Waals surface area contributed by atoms with E-state index in [1.807, 2.05) is 0 Å². The molecule has 12 heavy (non-hydrogen) atoms. The molecule has 0 aliphatic rings. The van der Waals surface area contributed by atoms with Crippen molar-refractivity contribution < 1.29 is 9.53 Å². The minimum atomic E-state index is -0.312. The molecule has 0 fully saturated rings. The van der Waals surface area contributed by atoms with Gasteiger partial charge < -0.3 is 10.5 Å². The maximum Gasteiger partial charge on any atom is 0.333 e. The maximum absolute atomic E-state index is 10.4. The van der Waals surface area contributed by atoms with Crippen LogP contribution in [0.4, 0.5) is 0 Å². The van der Waals surface area contributed by atoms with Gasteiger partial charge in [0, 0.05) is 12.1 Å². The van der Waals surface area contributed by atoms with Crippen LogP contribution >= 0.6 is 0 Å². The molecule has 0 aromatic heterocycles. The van der Waals surface area contributed by atoms with Gasteiger partial charge in [-0.25, -0.2) is 4.79 Å². The van der Waals surface area contributed by atoms with E-state index < -0.39 is 0 Å². The molecule has 0 aliphatic carbocycles. The van der Waals surface area contributed by atoms with Gasteiger partial charge in [-0.15, -0.1) is 6.58 Å². The summed E-state index contributed by atoms with van der Waals surface area (Å²) in [5.41, 5.74) is 5.36. The van der Waals surface area contributed by atoms with Gasteiger partial charge in [-0.3, -0.25) is 0 Å². The molecule has 0 rings (SSSR count). The summed E-state index contributed by atoms with van der Waals surface area (Å²) in [6.07, 6.45) is 1.65. The molecule has 70 valence electrons. The molecule has 2 N–H and O–H groups in total. The Bertz CT molecular complexity index is 153. The van der Waals surface area contributed by atoms with Crippen LogP contribution in [0.2, 0.25) is 0 Å². The van der Waals surface area contributed by atoms with Gasteiger partial charge in [0.15, 0.2) is 0 Å². The van der Waals surface area contributed by atoms with Crippen LogP contribution in [0.15, 0.2) is 24.8 Å². The van der Waals surface area contributed by atoms with E-state index in [-0.39, 0.29) is 5.97 Å². The second-order valence-electron chi connectivity index (χ2n) is 2.03. The molecule has 0 heterocycles. The molecule has 0 bridgehead atoms. The Morgan fingerprint density at radius 3 is 2.17 bits per heavy atom. The van der Waals surface area contributed by atoms with Crippen LogP contribution in [-0.2, 0) is 9.53 Å². The van der Waals surface area contributed by atoms with E-state index >= 15 is 0 Å². The Labute approximate surface area is 73.9 Å². The van der Waals surface area contributed by atoms with Crippen LogP contribution in [0, 0.1) is 0 Å². The van der Waals surface area contributed by atoms with Crippen molar-refractivity contribution in [1.29, 1.82) is 0 Å². The zero-order chi connectivity index (χ0) is 9.98. The molecule has 0 aliphatic heterocycles. The van der Waals surface area contributed by atoms with Crippen LogP contribution in [-0.4, -0.2) is 19.1 Å². The average molecular weight is 171 g/mol. The van der Waals surface area contributed by atoms with Crippen molar-refractivity contribution in [2.45, 2.75) is 13.8 Å². The first-order valence-electron chi connectivity index (χ1n) is 3.73. The molecular weight excluding hydrogens is 154 g/mol. The van der Waals surface area contributed by atoms with Crippen LogP contribution in [0.5, 0.6) is 0 Å². The highest BCUT2D eigenvalue weighted by atomic mass is 16.5. The summed E-state index contributed by atoms with van der Waals surface area (Å²) in [7, 11) is 0. The number of carbonyl (C=O) groups excluding carboxylic acids is 1. The van der Waals surface area contributed by atoms with Crippen molar-refractivity contribution in [3.63, 3.8) is 0 Å². The van der Waals surface area contributed by atoms with E-state index in [0.29, 0.717) is 18.7 Å². The molecule has 0 unspecified atom stereocenters. The van der Waals surface area contributed by atoms with Crippen molar-refractivity contribution in [2.24, 2.45) is 5.73 Å². The summed E-state index contributed by atoms with van der Waals surface area (Å²) in [6, 6.07) is 0. The third kappa shape index (κ3) is 11.7. The molecule has 0 amide bonds. The van der Waals surface area contributed by atoms with Gasteiger partial charge in [-0.2, -0.15) is 0 Å². The number of ether oxygens (including phenoxy) is 1. The van der Waals surface area contributed by atoms with E-state index in [1.165, 1.54) is 0 Å². The van der Waals surface area contributed by atoms with Crippen molar-refractivity contribution in [3.05, 3.63) is 24.8 Å². The largest absolute Gasteiger partial charge is 0.463 e. The minimum Gasteiger partial charge on any atom is -0.463 e. The first-order valence-corrected chi connectivity index (χ1v) is 3.73. The van der Waals surface area contributed by atoms with Crippen molar-refractivity contribution >= 4 is 5.97 Å². The topological polar surface area (TPSA) is 52.3 Å². The first kappa shape index (κ1) is 13.5. The zero-order valence-electron chi connectivity index (χ0n) is 7.80. The Balaban J connectivity index is 0. The summed E-state index contributed by atoms with van der Waals surface area (Å²) in [5, 5.41) is 0. The standard InChI is InChI=1S/C6H10O2.C3H7N/c1-4-8-6(7)5(2)3;1-2-3-4/h2,4H2,1,3H3;2H,1,3-4H2. The molecule has 3 heteroatoms. The maximum atomic E-state index is 10.4. The number of esters is 1. The highest BCUT2D eigenvalue weighted by molar-refractivity contribution is 5.86. The predicted molar refractivity (Wildman–Crippen MR) is 50.7 cm³/mol. The van der Waals surface area contributed by atoms with Gasteiger partial charge in [0.1, 0.15) is 0 Å². The molecule has 3 nitrogen and oxygen atoms in total. The molecular formula is C9H17NO2. The van der Waals surface area contributed by atoms with E-state index in [4.69, 9.17) is 5.73 Å². The number of carbonyl (C=O) groups is 1. The first-order chi connectivity index (χ1) is 5.59. The van der Waals surface area contributed by atoms with E-state index in [1.54, 1.807) is 19.9 Å². The fourth-order valence-electron chi connectivity index (χ4n) is 0.254. The lowest BCUT2D eigenvalue weighted by Gasteiger charge is -1.96. The predicted octanol–water partition coefficient (Wildman–Crippen LogP) is 1.26. The fourth-order valence-corrected chi connectivity index (χ4v) is 0.254. The van der Waals surface area contributed by atoms with E-state index in [2.05, 4.69) is 17.9 Å². The quantitative estimate of drug-likeness (QED) is 0.395. The fraction of sp³-hybridized carbons (Fsp3) is 0.444. The molecule has 0 saturated heterocycles. The second-order valence-corrected chi connectivity index (χ2v) is 2.03. The lowest BCUT2D eigenvalue weighted by molar-refractivity contribution is -0.138. The van der Waals surface area contributed by atoms with Crippen molar-refractivity contribution in [3.8, 4) is 0 Å². The molecule has 0 aromatic carbocycles. The van der Waals surface area contributed by atoms with Crippen LogP contribution in [0.25, 0.3) is 0 Å². The van der Waals surface area contributed by atoms with Gasteiger partial charge in [0.2, 0.25) is 0 Å². The van der Waals surface area contributed by atoms with Crippen molar-refractivity contribution in [1.82, 2.24) is 0 Å². The van der Waals surface area contributed by atoms with Crippen LogP contribution in [0.1, 0.15) is 13.8 Å². The molecule has 0 saturated carbocycles. The Morgan fingerprint density at radius 2 is 2.08 bits per heavy atom. The monoisotopic (exact) mass is 171 g/mol. The minimum absolute atomic E-state index is 0.312. The van der Waals surface area contributed by atoms with E-state index in [9.17, 15) is 4.79 Å². The Hall–Kier alpha value is -1.09. The zero-order valence-corrected chi connectivity index (χ0v) is 7.80. The normalized spacial score (nSPS) is 7.58. The smallest absolute Gasteiger partial charge is 0.333 e. The van der Waals surface area contributed by atoms with Gasteiger partial charge in [-0.1, -0.05) is 12.7 Å². The van der Waals surface area contributed by atoms with Crippen LogP contribution < -0.4 is 5.73 Å². The summed E-state index contributed by atoms with van der Waals surface area (Å²) in [4.78, 5) is 10.4. The highest BCUT2D eigenvalue weighted by Gasteiger charge is 1.98. The van der Waals surface area contributed by atoms with Crippen molar-refractivity contribution in [2.75, 3.05) is 13.2 Å². The number of hydrogen-bond donors (Lipinski definition) is 1. The number of hydrogen-bond acceptors (Lipinski definition) is 3. The van der Waals surface area contributed by atoms with E-state index in [0.717, 1.165) is 0 Å².